The van der Waals surface area contributed by atoms with Gasteiger partial charge >= 0.3 is 0 Å². The van der Waals surface area contributed by atoms with E-state index in [9.17, 15) is 14.9 Å². The van der Waals surface area contributed by atoms with E-state index >= 15 is 0 Å². The van der Waals surface area contributed by atoms with Gasteiger partial charge in [0.2, 0.25) is 0 Å². The van der Waals surface area contributed by atoms with Crippen LogP contribution in [-0.4, -0.2) is 27.8 Å². The van der Waals surface area contributed by atoms with Crippen LogP contribution in [0.15, 0.2) is 56.1 Å². The number of carbonyl (C=O) groups is 2. The maximum Gasteiger partial charge on any atom is 0.271 e. The topological polar surface area (TPSA) is 92.4 Å². The van der Waals surface area contributed by atoms with E-state index in [1.807, 2.05) is 41.9 Å². The van der Waals surface area contributed by atoms with Crippen molar-refractivity contribution in [1.29, 1.82) is 5.26 Å². The fourth-order valence-corrected chi connectivity index (χ4v) is 3.42. The number of hydrogen-bond acceptors (Lipinski definition) is 5. The molecule has 0 radical (unpaired) electrons. The Morgan fingerprint density at radius 2 is 2.04 bits per heavy atom. The van der Waals surface area contributed by atoms with E-state index < -0.39 is 11.8 Å². The SMILES string of the molecule is CCN1C(=O)C(C#N)=C(C)/C(=C/c2cc3c(cc(-c4ccco4)n3C)o2)C1=O. The van der Waals surface area contributed by atoms with Crippen molar-refractivity contribution in [3.63, 3.8) is 0 Å². The zero-order chi connectivity index (χ0) is 20.0. The highest BCUT2D eigenvalue weighted by atomic mass is 16.3. The molecule has 0 fully saturated rings. The molecule has 7 heteroatoms. The Kier molecular flexibility index (Phi) is 4.04. The Morgan fingerprint density at radius 1 is 1.25 bits per heavy atom. The van der Waals surface area contributed by atoms with Crippen molar-refractivity contribution in [3.05, 3.63) is 53.0 Å². The van der Waals surface area contributed by atoms with Crippen molar-refractivity contribution in [2.45, 2.75) is 13.8 Å². The number of likely N-dealkylation sites (N-methyl/N-ethyl adjacent to an activating group) is 1. The summed E-state index contributed by atoms with van der Waals surface area (Å²) in [6.07, 6.45) is 3.19. The molecule has 1 aliphatic rings. The summed E-state index contributed by atoms with van der Waals surface area (Å²) in [4.78, 5) is 26.0. The number of hydrogen-bond donors (Lipinski definition) is 0. The molecule has 0 N–H and O–H groups in total. The minimum Gasteiger partial charge on any atom is -0.463 e. The molecule has 0 saturated carbocycles. The van der Waals surface area contributed by atoms with Gasteiger partial charge in [-0.25, -0.2) is 0 Å². The third-order valence-electron chi connectivity index (χ3n) is 4.95. The van der Waals surface area contributed by atoms with Gasteiger partial charge in [0.1, 0.15) is 23.2 Å². The molecule has 1 aliphatic heterocycles. The third-order valence-corrected chi connectivity index (χ3v) is 4.95. The summed E-state index contributed by atoms with van der Waals surface area (Å²) in [7, 11) is 1.90. The lowest BCUT2D eigenvalue weighted by molar-refractivity contribution is -0.140. The van der Waals surface area contributed by atoms with E-state index in [0.29, 0.717) is 16.9 Å². The van der Waals surface area contributed by atoms with Crippen molar-refractivity contribution in [1.82, 2.24) is 9.47 Å². The van der Waals surface area contributed by atoms with Gasteiger partial charge in [-0.15, -0.1) is 0 Å². The van der Waals surface area contributed by atoms with Gasteiger partial charge in [-0.1, -0.05) is 0 Å². The van der Waals surface area contributed by atoms with Crippen molar-refractivity contribution in [2.24, 2.45) is 7.05 Å². The van der Waals surface area contributed by atoms with Gasteiger partial charge in [0.25, 0.3) is 11.8 Å². The first-order valence-corrected chi connectivity index (χ1v) is 8.78. The second-order valence-corrected chi connectivity index (χ2v) is 6.49. The maximum absolute atomic E-state index is 12.7. The van der Waals surface area contributed by atoms with Gasteiger partial charge in [0.15, 0.2) is 5.58 Å². The molecule has 4 rings (SSSR count). The van der Waals surface area contributed by atoms with Crippen LogP contribution < -0.4 is 0 Å². The average molecular weight is 375 g/mol. The summed E-state index contributed by atoms with van der Waals surface area (Å²) in [5.41, 5.74) is 2.98. The van der Waals surface area contributed by atoms with E-state index in [1.54, 1.807) is 26.2 Å². The summed E-state index contributed by atoms with van der Waals surface area (Å²) in [5.74, 6) is 0.209. The Hall–Kier alpha value is -3.79. The highest BCUT2D eigenvalue weighted by Crippen LogP contribution is 2.32. The van der Waals surface area contributed by atoms with Crippen LogP contribution in [-0.2, 0) is 16.6 Å². The minimum atomic E-state index is -0.558. The van der Waals surface area contributed by atoms with Gasteiger partial charge in [0, 0.05) is 31.3 Å². The van der Waals surface area contributed by atoms with Crippen LogP contribution in [0.1, 0.15) is 19.6 Å². The van der Waals surface area contributed by atoms with Crippen LogP contribution in [0.2, 0.25) is 0 Å². The lowest BCUT2D eigenvalue weighted by Crippen LogP contribution is -2.42. The molecule has 0 atom stereocenters. The number of amides is 2. The highest BCUT2D eigenvalue weighted by molar-refractivity contribution is 6.19. The van der Waals surface area contributed by atoms with Crippen molar-refractivity contribution >= 4 is 29.0 Å². The van der Waals surface area contributed by atoms with E-state index in [2.05, 4.69) is 0 Å². The first-order chi connectivity index (χ1) is 13.5. The van der Waals surface area contributed by atoms with Gasteiger partial charge in [-0.3, -0.25) is 14.5 Å². The molecule has 0 aromatic carbocycles. The molecule has 28 heavy (non-hydrogen) atoms. The molecule has 140 valence electrons. The quantitative estimate of drug-likeness (QED) is 0.515. The molecular formula is C21H17N3O4. The predicted molar refractivity (Wildman–Crippen MR) is 102 cm³/mol. The number of carbonyl (C=O) groups excluding carboxylic acids is 2. The van der Waals surface area contributed by atoms with Crippen LogP contribution in [0.4, 0.5) is 0 Å². The van der Waals surface area contributed by atoms with Crippen LogP contribution in [0, 0.1) is 11.3 Å². The number of aryl methyl sites for hydroxylation is 1. The minimum absolute atomic E-state index is 0.0242. The molecule has 0 bridgehead atoms. The van der Waals surface area contributed by atoms with Crippen molar-refractivity contribution in [3.8, 4) is 17.5 Å². The molecule has 0 saturated heterocycles. The van der Waals surface area contributed by atoms with Crippen molar-refractivity contribution < 1.29 is 18.4 Å². The number of fused-ring (bicyclic) bond motifs is 1. The predicted octanol–water partition coefficient (Wildman–Crippen LogP) is 3.64. The van der Waals surface area contributed by atoms with E-state index in [-0.39, 0.29) is 17.7 Å². The number of nitrogens with zero attached hydrogens (tertiary/aromatic N) is 3. The smallest absolute Gasteiger partial charge is 0.271 e. The summed E-state index contributed by atoms with van der Waals surface area (Å²) in [6, 6.07) is 9.27. The molecule has 7 nitrogen and oxygen atoms in total. The number of furan rings is 2. The number of rotatable bonds is 3. The average Bonchev–Trinajstić information content (AvgIpc) is 3.38. The molecule has 3 aromatic rings. The second kappa shape index (κ2) is 6.43. The lowest BCUT2D eigenvalue weighted by Gasteiger charge is -2.25. The van der Waals surface area contributed by atoms with E-state index in [0.717, 1.165) is 21.9 Å². The Bertz CT molecular complexity index is 1210. The number of imide groups is 1. The summed E-state index contributed by atoms with van der Waals surface area (Å²) in [5, 5.41) is 9.32. The summed E-state index contributed by atoms with van der Waals surface area (Å²) >= 11 is 0. The molecule has 0 aliphatic carbocycles. The fraction of sp³-hybridized carbons (Fsp3) is 0.190. The zero-order valence-electron chi connectivity index (χ0n) is 15.6. The fourth-order valence-electron chi connectivity index (χ4n) is 3.42. The number of nitriles is 1. The van der Waals surface area contributed by atoms with Crippen LogP contribution in [0.3, 0.4) is 0 Å². The maximum atomic E-state index is 12.7. The molecule has 3 aromatic heterocycles. The standard InChI is InChI=1S/C21H17N3O4/c1-4-24-20(25)14(12(2)15(11-22)21(24)26)8-13-9-16-19(28-13)10-17(23(16)3)18-6-5-7-27-18/h5-10H,4H2,1-3H3/b14-8-. The van der Waals surface area contributed by atoms with Crippen LogP contribution in [0.25, 0.3) is 28.6 Å². The molecular weight excluding hydrogens is 358 g/mol. The molecule has 0 unspecified atom stereocenters. The Morgan fingerprint density at radius 3 is 2.64 bits per heavy atom. The van der Waals surface area contributed by atoms with E-state index in [4.69, 9.17) is 8.83 Å². The molecule has 4 heterocycles. The van der Waals surface area contributed by atoms with Crippen molar-refractivity contribution in [2.75, 3.05) is 6.54 Å². The third kappa shape index (κ3) is 2.50. The molecule has 0 spiro atoms. The first-order valence-electron chi connectivity index (χ1n) is 8.78. The summed E-state index contributed by atoms with van der Waals surface area (Å²) in [6.45, 7) is 3.49. The number of aromatic nitrogens is 1. The Labute approximate surface area is 160 Å². The normalized spacial score (nSPS) is 16.5. The van der Waals surface area contributed by atoms with E-state index in [1.165, 1.54) is 0 Å². The largest absolute Gasteiger partial charge is 0.463 e. The van der Waals surface area contributed by atoms with Gasteiger partial charge in [-0.2, -0.15) is 5.26 Å². The zero-order valence-corrected chi connectivity index (χ0v) is 15.6. The van der Waals surface area contributed by atoms with Gasteiger partial charge in [0.05, 0.1) is 17.5 Å². The molecule has 2 amide bonds. The van der Waals surface area contributed by atoms with Crippen LogP contribution >= 0.6 is 0 Å². The monoisotopic (exact) mass is 375 g/mol. The van der Waals surface area contributed by atoms with Gasteiger partial charge < -0.3 is 13.4 Å². The first kappa shape index (κ1) is 17.6. The van der Waals surface area contributed by atoms with Crippen LogP contribution in [0.5, 0.6) is 0 Å². The summed E-state index contributed by atoms with van der Waals surface area (Å²) < 4.78 is 13.3. The highest BCUT2D eigenvalue weighted by Gasteiger charge is 2.34. The Balaban J connectivity index is 1.81. The van der Waals surface area contributed by atoms with Gasteiger partial charge in [-0.05, 0) is 37.6 Å². The lowest BCUT2D eigenvalue weighted by atomic mass is 9.95. The second-order valence-electron chi connectivity index (χ2n) is 6.49.